The Hall–Kier alpha value is -2.22. The zero-order chi connectivity index (χ0) is 17.9. The molecule has 7 nitrogen and oxygen atoms in total. The lowest BCUT2D eigenvalue weighted by molar-refractivity contribution is -0.128. The van der Waals surface area contributed by atoms with Crippen molar-refractivity contribution in [2.75, 3.05) is 18.6 Å². The molecule has 3 heterocycles. The van der Waals surface area contributed by atoms with Gasteiger partial charge in [-0.3, -0.25) is 9.59 Å². The van der Waals surface area contributed by atoms with Crippen LogP contribution in [0.2, 0.25) is 5.02 Å². The van der Waals surface area contributed by atoms with E-state index < -0.39 is 41.3 Å². The van der Waals surface area contributed by atoms with Crippen LogP contribution in [-0.2, 0) is 19.1 Å². The Bertz CT molecular complexity index is 836. The number of aliphatic hydroxyl groups is 1. The summed E-state index contributed by atoms with van der Waals surface area (Å²) in [5, 5.41) is 9.86. The van der Waals surface area contributed by atoms with E-state index in [-0.39, 0.29) is 22.9 Å². The lowest BCUT2D eigenvalue weighted by Crippen LogP contribution is -2.43. The van der Waals surface area contributed by atoms with Crippen molar-refractivity contribution >= 4 is 35.1 Å². The second kappa shape index (κ2) is 5.39. The number of hydrogen-bond donors (Lipinski definition) is 1. The highest BCUT2D eigenvalue weighted by Gasteiger charge is 2.67. The van der Waals surface area contributed by atoms with Crippen LogP contribution >= 0.6 is 11.6 Å². The molecule has 2 amide bonds. The van der Waals surface area contributed by atoms with Crippen molar-refractivity contribution in [3.8, 4) is 0 Å². The van der Waals surface area contributed by atoms with Gasteiger partial charge in [-0.05, 0) is 18.2 Å². The number of anilines is 1. The third-order valence-electron chi connectivity index (χ3n) is 5.02. The number of carbonyl (C=O) groups is 3. The number of fused-ring (bicyclic) bond motifs is 5. The van der Waals surface area contributed by atoms with Crippen LogP contribution in [0.5, 0.6) is 0 Å². The third-order valence-corrected chi connectivity index (χ3v) is 5.35. The monoisotopic (exact) mass is 363 g/mol. The standard InChI is InChI=1S/C17H14ClNO6/c1-24-16(23)9-6-8(2-3-10(9)18)19-14(21)12-11-4-5-17(7-20,25-11)13(12)15(19)22/h2-6,11-13,20H,7H2,1H3/t11-,12-,13-,17-/m0/s1. The maximum Gasteiger partial charge on any atom is 0.339 e. The number of carbonyl (C=O) groups excluding carboxylic acids is 3. The molecule has 0 spiro atoms. The summed E-state index contributed by atoms with van der Waals surface area (Å²) >= 11 is 5.99. The molecule has 0 saturated carbocycles. The highest BCUT2D eigenvalue weighted by atomic mass is 35.5. The highest BCUT2D eigenvalue weighted by Crippen LogP contribution is 2.52. The first kappa shape index (κ1) is 16.3. The summed E-state index contributed by atoms with van der Waals surface area (Å²) in [6.07, 6.45) is 2.81. The molecule has 1 aromatic rings. The third kappa shape index (κ3) is 2.03. The molecule has 1 N–H and O–H groups in total. The predicted octanol–water partition coefficient (Wildman–Crippen LogP) is 0.932. The number of methoxy groups -OCH3 is 1. The fraction of sp³-hybridized carbons (Fsp3) is 0.353. The summed E-state index contributed by atoms with van der Waals surface area (Å²) in [6.45, 7) is -0.387. The normalized spacial score (nSPS) is 32.4. The van der Waals surface area contributed by atoms with Crippen molar-refractivity contribution in [1.29, 1.82) is 0 Å². The van der Waals surface area contributed by atoms with Gasteiger partial charge in [0.1, 0.15) is 5.60 Å². The van der Waals surface area contributed by atoms with E-state index in [1.165, 1.54) is 25.3 Å². The van der Waals surface area contributed by atoms with Crippen LogP contribution in [0.25, 0.3) is 0 Å². The first-order valence-electron chi connectivity index (χ1n) is 7.67. The lowest BCUT2D eigenvalue weighted by atomic mass is 9.77. The van der Waals surface area contributed by atoms with Gasteiger partial charge in [0.2, 0.25) is 11.8 Å². The van der Waals surface area contributed by atoms with Crippen molar-refractivity contribution in [3.63, 3.8) is 0 Å². The Morgan fingerprint density at radius 3 is 2.84 bits per heavy atom. The van der Waals surface area contributed by atoms with Gasteiger partial charge in [0.25, 0.3) is 0 Å². The van der Waals surface area contributed by atoms with E-state index >= 15 is 0 Å². The minimum Gasteiger partial charge on any atom is -0.465 e. The Balaban J connectivity index is 1.75. The smallest absolute Gasteiger partial charge is 0.339 e. The first-order chi connectivity index (χ1) is 11.9. The number of ether oxygens (including phenoxy) is 2. The number of esters is 1. The van der Waals surface area contributed by atoms with E-state index in [0.717, 1.165) is 4.90 Å². The quantitative estimate of drug-likeness (QED) is 0.488. The van der Waals surface area contributed by atoms with Crippen LogP contribution in [0.15, 0.2) is 30.4 Å². The molecule has 3 aliphatic rings. The van der Waals surface area contributed by atoms with E-state index in [9.17, 15) is 19.5 Å². The van der Waals surface area contributed by atoms with Crippen molar-refractivity contribution in [2.45, 2.75) is 11.7 Å². The average Bonchev–Trinajstić information content (AvgIpc) is 3.26. The molecule has 130 valence electrons. The van der Waals surface area contributed by atoms with Crippen LogP contribution in [0.1, 0.15) is 10.4 Å². The topological polar surface area (TPSA) is 93.1 Å². The maximum absolute atomic E-state index is 12.9. The number of hydrogen-bond acceptors (Lipinski definition) is 6. The molecule has 2 bridgehead atoms. The van der Waals surface area contributed by atoms with Gasteiger partial charge >= 0.3 is 5.97 Å². The fourth-order valence-corrected chi connectivity index (χ4v) is 4.05. The maximum atomic E-state index is 12.9. The molecule has 4 atom stereocenters. The molecule has 8 heteroatoms. The molecular formula is C17H14ClNO6. The van der Waals surface area contributed by atoms with Crippen LogP contribution in [-0.4, -0.2) is 48.3 Å². The molecule has 25 heavy (non-hydrogen) atoms. The number of nitrogens with zero attached hydrogens (tertiary/aromatic N) is 1. The summed E-state index contributed by atoms with van der Waals surface area (Å²) < 4.78 is 10.3. The summed E-state index contributed by atoms with van der Waals surface area (Å²) in [5.74, 6) is -3.01. The number of amides is 2. The molecule has 0 radical (unpaired) electrons. The van der Waals surface area contributed by atoms with Gasteiger partial charge in [0, 0.05) is 0 Å². The molecule has 0 unspecified atom stereocenters. The number of imide groups is 1. The Morgan fingerprint density at radius 1 is 1.40 bits per heavy atom. The molecule has 0 aliphatic carbocycles. The molecule has 4 rings (SSSR count). The van der Waals surface area contributed by atoms with Gasteiger partial charge in [-0.2, -0.15) is 0 Å². The van der Waals surface area contributed by atoms with E-state index in [2.05, 4.69) is 4.74 Å². The molecule has 3 aliphatic heterocycles. The van der Waals surface area contributed by atoms with Crippen LogP contribution in [0.3, 0.4) is 0 Å². The number of halogens is 1. The molecule has 1 aromatic carbocycles. The van der Waals surface area contributed by atoms with E-state index in [1.807, 2.05) is 0 Å². The van der Waals surface area contributed by atoms with Crippen LogP contribution < -0.4 is 4.90 Å². The zero-order valence-corrected chi connectivity index (χ0v) is 13.9. The Labute approximate surface area is 147 Å². The van der Waals surface area contributed by atoms with Crippen molar-refractivity contribution in [3.05, 3.63) is 40.9 Å². The number of rotatable bonds is 3. The van der Waals surface area contributed by atoms with Gasteiger partial charge in [-0.15, -0.1) is 0 Å². The predicted molar refractivity (Wildman–Crippen MR) is 86.1 cm³/mol. The zero-order valence-electron chi connectivity index (χ0n) is 13.1. The van der Waals surface area contributed by atoms with Crippen LogP contribution in [0, 0.1) is 11.8 Å². The van der Waals surface area contributed by atoms with E-state index in [0.29, 0.717) is 0 Å². The minimum atomic E-state index is -1.16. The second-order valence-corrected chi connectivity index (χ2v) is 6.63. The van der Waals surface area contributed by atoms with E-state index in [4.69, 9.17) is 16.3 Å². The second-order valence-electron chi connectivity index (χ2n) is 6.23. The highest BCUT2D eigenvalue weighted by molar-refractivity contribution is 6.34. The van der Waals surface area contributed by atoms with E-state index in [1.54, 1.807) is 12.2 Å². The number of aliphatic hydroxyl groups excluding tert-OH is 1. The summed E-state index contributed by atoms with van der Waals surface area (Å²) in [7, 11) is 1.22. The first-order valence-corrected chi connectivity index (χ1v) is 8.05. The van der Waals surface area contributed by atoms with Crippen molar-refractivity contribution < 1.29 is 29.0 Å². The molecule has 0 aromatic heterocycles. The average molecular weight is 364 g/mol. The SMILES string of the molecule is COC(=O)c1cc(N2C(=O)[C@H]3[C@@H]4C=C[C@@](CO)(O4)[C@@H]3C2=O)ccc1Cl. The van der Waals surface area contributed by atoms with Gasteiger partial charge in [0.05, 0.1) is 47.9 Å². The van der Waals surface area contributed by atoms with Gasteiger partial charge in [-0.25, -0.2) is 9.69 Å². The minimum absolute atomic E-state index is 0.0635. The van der Waals surface area contributed by atoms with Gasteiger partial charge in [0.15, 0.2) is 0 Å². The summed E-state index contributed by atoms with van der Waals surface area (Å²) in [4.78, 5) is 38.6. The van der Waals surface area contributed by atoms with Crippen LogP contribution in [0.4, 0.5) is 5.69 Å². The number of benzene rings is 1. The fourth-order valence-electron chi connectivity index (χ4n) is 3.86. The molecule has 2 saturated heterocycles. The molecule has 2 fully saturated rings. The Morgan fingerprint density at radius 2 is 2.16 bits per heavy atom. The lowest BCUT2D eigenvalue weighted by Gasteiger charge is -2.26. The Kier molecular flexibility index (Phi) is 3.50. The molecular weight excluding hydrogens is 350 g/mol. The summed E-state index contributed by atoms with van der Waals surface area (Å²) in [6, 6.07) is 4.28. The van der Waals surface area contributed by atoms with Gasteiger partial charge in [-0.1, -0.05) is 23.8 Å². The largest absolute Gasteiger partial charge is 0.465 e. The summed E-state index contributed by atoms with van der Waals surface area (Å²) in [5.41, 5.74) is -0.857. The van der Waals surface area contributed by atoms with Crippen molar-refractivity contribution in [1.82, 2.24) is 0 Å². The van der Waals surface area contributed by atoms with Gasteiger partial charge < -0.3 is 14.6 Å². The van der Waals surface area contributed by atoms with Crippen molar-refractivity contribution in [2.24, 2.45) is 11.8 Å².